The molecule has 1 heterocycles. The van der Waals surface area contributed by atoms with Crippen molar-refractivity contribution in [3.8, 4) is 0 Å². The highest BCUT2D eigenvalue weighted by Crippen LogP contribution is 2.16. The quantitative estimate of drug-likeness (QED) is 0.803. The Bertz CT molecular complexity index is 797. The van der Waals surface area contributed by atoms with Gasteiger partial charge in [0.05, 0.1) is 12.2 Å². The normalized spacial score (nSPS) is 21.1. The number of hydrogen-bond acceptors (Lipinski definition) is 4. The third-order valence-corrected chi connectivity index (χ3v) is 4.77. The van der Waals surface area contributed by atoms with Gasteiger partial charge in [0.1, 0.15) is 0 Å². The minimum atomic E-state index is -1.09. The topological polar surface area (TPSA) is 78.9 Å². The number of morpholine rings is 1. The Kier molecular flexibility index (Phi) is 6.44. The first-order valence-electron chi connectivity index (χ1n) is 9.47. The minimum Gasteiger partial charge on any atom is -0.479 e. The van der Waals surface area contributed by atoms with E-state index in [1.807, 2.05) is 12.1 Å². The van der Waals surface area contributed by atoms with Crippen molar-refractivity contribution in [2.75, 3.05) is 13.1 Å². The number of carboxylic acid groups (broad SMARTS) is 1. The molecule has 0 unspecified atom stereocenters. The van der Waals surface area contributed by atoms with Crippen LogP contribution in [0.5, 0.6) is 0 Å². The van der Waals surface area contributed by atoms with Gasteiger partial charge in [0.2, 0.25) is 0 Å². The molecule has 6 nitrogen and oxygen atoms in total. The Hall–Kier alpha value is -2.70. The van der Waals surface area contributed by atoms with Crippen LogP contribution in [0.25, 0.3) is 0 Å². The van der Waals surface area contributed by atoms with Crippen molar-refractivity contribution in [3.63, 3.8) is 0 Å². The van der Waals surface area contributed by atoms with Crippen LogP contribution >= 0.6 is 0 Å². The standard InChI is InChI=1S/C22H26N2O4/c1-15-12-24(13-16(2)28-15)14-17-8-10-19(11-9-17)21(25)23-20(22(26)27)18-6-4-3-5-7-18/h3-11,15-16,20H,12-14H2,1-2H3,(H,23,25)(H,26,27)/t15-,16+,20-/m1/s1. The fourth-order valence-corrected chi connectivity index (χ4v) is 3.58. The van der Waals surface area contributed by atoms with Gasteiger partial charge in [0.25, 0.3) is 5.91 Å². The molecule has 0 spiro atoms. The Morgan fingerprint density at radius 2 is 1.68 bits per heavy atom. The molecule has 2 aromatic carbocycles. The number of aliphatic carboxylic acids is 1. The van der Waals surface area contributed by atoms with Gasteiger partial charge in [-0.15, -0.1) is 0 Å². The van der Waals surface area contributed by atoms with Crippen LogP contribution in [-0.2, 0) is 16.1 Å². The molecular weight excluding hydrogens is 356 g/mol. The summed E-state index contributed by atoms with van der Waals surface area (Å²) in [7, 11) is 0. The van der Waals surface area contributed by atoms with Crippen LogP contribution in [0.2, 0.25) is 0 Å². The van der Waals surface area contributed by atoms with E-state index >= 15 is 0 Å². The van der Waals surface area contributed by atoms with Gasteiger partial charge in [-0.3, -0.25) is 9.69 Å². The van der Waals surface area contributed by atoms with E-state index in [0.29, 0.717) is 11.1 Å². The maximum absolute atomic E-state index is 12.5. The average molecular weight is 382 g/mol. The maximum Gasteiger partial charge on any atom is 0.330 e. The van der Waals surface area contributed by atoms with Crippen LogP contribution in [-0.4, -0.2) is 47.2 Å². The first-order chi connectivity index (χ1) is 13.4. The molecule has 0 aromatic heterocycles. The zero-order valence-corrected chi connectivity index (χ0v) is 16.2. The Labute approximate surface area is 165 Å². The third-order valence-electron chi connectivity index (χ3n) is 4.77. The van der Waals surface area contributed by atoms with Gasteiger partial charge >= 0.3 is 5.97 Å². The van der Waals surface area contributed by atoms with E-state index in [4.69, 9.17) is 4.74 Å². The molecule has 1 fully saturated rings. The molecular formula is C22H26N2O4. The summed E-state index contributed by atoms with van der Waals surface area (Å²) < 4.78 is 5.75. The summed E-state index contributed by atoms with van der Waals surface area (Å²) in [6, 6.07) is 14.9. The van der Waals surface area contributed by atoms with Crippen LogP contribution in [0.3, 0.4) is 0 Å². The van der Waals surface area contributed by atoms with Gasteiger partial charge in [-0.2, -0.15) is 0 Å². The van der Waals surface area contributed by atoms with Crippen LogP contribution < -0.4 is 5.32 Å². The molecule has 1 aliphatic heterocycles. The molecule has 148 valence electrons. The summed E-state index contributed by atoms with van der Waals surface area (Å²) in [5.74, 6) is -1.50. The third kappa shape index (κ3) is 5.18. The number of hydrogen-bond donors (Lipinski definition) is 2. The second-order valence-corrected chi connectivity index (χ2v) is 7.30. The molecule has 0 saturated carbocycles. The molecule has 0 aliphatic carbocycles. The van der Waals surface area contributed by atoms with E-state index in [-0.39, 0.29) is 12.2 Å². The van der Waals surface area contributed by atoms with Crippen LogP contribution in [0.1, 0.15) is 41.4 Å². The first kappa shape index (κ1) is 20.0. The van der Waals surface area contributed by atoms with E-state index in [2.05, 4.69) is 24.1 Å². The van der Waals surface area contributed by atoms with Crippen molar-refractivity contribution in [1.82, 2.24) is 10.2 Å². The highest BCUT2D eigenvalue weighted by atomic mass is 16.5. The van der Waals surface area contributed by atoms with Crippen LogP contribution in [0, 0.1) is 0 Å². The number of benzene rings is 2. The Morgan fingerprint density at radius 1 is 1.07 bits per heavy atom. The summed E-state index contributed by atoms with van der Waals surface area (Å²) in [5, 5.41) is 12.1. The first-order valence-corrected chi connectivity index (χ1v) is 9.47. The van der Waals surface area contributed by atoms with E-state index in [9.17, 15) is 14.7 Å². The van der Waals surface area contributed by atoms with Crippen molar-refractivity contribution < 1.29 is 19.4 Å². The fraction of sp³-hybridized carbons (Fsp3) is 0.364. The van der Waals surface area contributed by atoms with Crippen molar-refractivity contribution in [2.45, 2.75) is 38.6 Å². The van der Waals surface area contributed by atoms with Gasteiger partial charge in [-0.05, 0) is 37.1 Å². The molecule has 0 radical (unpaired) electrons. The van der Waals surface area contributed by atoms with E-state index in [0.717, 1.165) is 25.2 Å². The minimum absolute atomic E-state index is 0.208. The predicted octanol–water partition coefficient (Wildman–Crippen LogP) is 2.85. The molecule has 1 amide bonds. The lowest BCUT2D eigenvalue weighted by atomic mass is 10.1. The smallest absolute Gasteiger partial charge is 0.330 e. The second kappa shape index (κ2) is 8.99. The van der Waals surface area contributed by atoms with Gasteiger partial charge in [-0.25, -0.2) is 4.79 Å². The maximum atomic E-state index is 12.5. The van der Waals surface area contributed by atoms with Crippen molar-refractivity contribution in [2.24, 2.45) is 0 Å². The van der Waals surface area contributed by atoms with Crippen molar-refractivity contribution in [1.29, 1.82) is 0 Å². The number of nitrogens with zero attached hydrogens (tertiary/aromatic N) is 1. The summed E-state index contributed by atoms with van der Waals surface area (Å²) in [4.78, 5) is 26.4. The zero-order valence-electron chi connectivity index (χ0n) is 16.2. The van der Waals surface area contributed by atoms with E-state index in [1.54, 1.807) is 42.5 Å². The predicted molar refractivity (Wildman–Crippen MR) is 106 cm³/mol. The van der Waals surface area contributed by atoms with Gasteiger partial charge < -0.3 is 15.2 Å². The highest BCUT2D eigenvalue weighted by Gasteiger charge is 2.23. The number of carboxylic acids is 1. The molecule has 3 atom stereocenters. The summed E-state index contributed by atoms with van der Waals surface area (Å²) >= 11 is 0. The lowest BCUT2D eigenvalue weighted by molar-refractivity contribution is -0.139. The number of carbonyl (C=O) groups is 2. The van der Waals surface area contributed by atoms with Crippen LogP contribution in [0.4, 0.5) is 0 Å². The number of amides is 1. The highest BCUT2D eigenvalue weighted by molar-refractivity contribution is 5.96. The van der Waals surface area contributed by atoms with Crippen molar-refractivity contribution >= 4 is 11.9 Å². The molecule has 28 heavy (non-hydrogen) atoms. The molecule has 1 saturated heterocycles. The second-order valence-electron chi connectivity index (χ2n) is 7.30. The molecule has 0 bridgehead atoms. The summed E-state index contributed by atoms with van der Waals surface area (Å²) in [6.45, 7) is 6.69. The molecule has 1 aliphatic rings. The fourth-order valence-electron chi connectivity index (χ4n) is 3.58. The summed E-state index contributed by atoms with van der Waals surface area (Å²) in [5.41, 5.74) is 2.08. The van der Waals surface area contributed by atoms with Gasteiger partial charge in [-0.1, -0.05) is 42.5 Å². The number of nitrogens with one attached hydrogen (secondary N) is 1. The van der Waals surface area contributed by atoms with Gasteiger partial charge in [0, 0.05) is 25.2 Å². The SMILES string of the molecule is C[C@@H]1CN(Cc2ccc(C(=O)N[C@@H](C(=O)O)c3ccccc3)cc2)C[C@H](C)O1. The zero-order chi connectivity index (χ0) is 20.1. The number of ether oxygens (including phenoxy) is 1. The monoisotopic (exact) mass is 382 g/mol. The van der Waals surface area contributed by atoms with Crippen molar-refractivity contribution in [3.05, 3.63) is 71.3 Å². The molecule has 2 aromatic rings. The van der Waals surface area contributed by atoms with E-state index in [1.165, 1.54) is 0 Å². The number of carbonyl (C=O) groups excluding carboxylic acids is 1. The Morgan fingerprint density at radius 3 is 2.25 bits per heavy atom. The Balaban J connectivity index is 1.64. The lowest BCUT2D eigenvalue weighted by Crippen LogP contribution is -2.44. The lowest BCUT2D eigenvalue weighted by Gasteiger charge is -2.35. The van der Waals surface area contributed by atoms with E-state index < -0.39 is 17.9 Å². The number of rotatable bonds is 6. The molecule has 6 heteroatoms. The molecule has 2 N–H and O–H groups in total. The average Bonchev–Trinajstić information content (AvgIpc) is 2.66. The molecule has 3 rings (SSSR count). The largest absolute Gasteiger partial charge is 0.479 e. The summed E-state index contributed by atoms with van der Waals surface area (Å²) in [6.07, 6.45) is 0.416. The van der Waals surface area contributed by atoms with Crippen LogP contribution in [0.15, 0.2) is 54.6 Å². The van der Waals surface area contributed by atoms with Gasteiger partial charge in [0.15, 0.2) is 6.04 Å².